The van der Waals surface area contributed by atoms with Gasteiger partial charge in [0.05, 0.1) is 32.7 Å². The highest BCUT2D eigenvalue weighted by Gasteiger charge is 2.10. The number of rotatable bonds is 8. The minimum atomic E-state index is -0.812. The molecule has 0 aliphatic carbocycles. The quantitative estimate of drug-likeness (QED) is 0.0759. The number of hydrazone groups is 1. The van der Waals surface area contributed by atoms with Gasteiger partial charge in [-0.1, -0.05) is 24.3 Å². The SMILES string of the molecule is CCOC(=N)C(=O)OCC.CCOC(=O)C(N)=NNC(=O)Cc1cccc(F)c1.NNC(=O)Cc1cccc(F)c1. The van der Waals surface area contributed by atoms with Crippen LogP contribution < -0.4 is 22.4 Å². The van der Waals surface area contributed by atoms with Crippen LogP contribution in [0.25, 0.3) is 0 Å². The lowest BCUT2D eigenvalue weighted by Gasteiger charge is -2.02. The van der Waals surface area contributed by atoms with Crippen molar-refractivity contribution in [3.05, 3.63) is 71.3 Å². The molecule has 0 heterocycles. The fourth-order valence-corrected chi connectivity index (χ4v) is 2.53. The fraction of sp³-hybridized carbons (Fsp3) is 0.308. The molecule has 13 nitrogen and oxygen atoms in total. The molecule has 2 rings (SSSR count). The monoisotopic (exact) mass is 580 g/mol. The number of nitrogens with two attached hydrogens (primary N) is 2. The molecule has 0 spiro atoms. The van der Waals surface area contributed by atoms with Crippen LogP contribution in [0.5, 0.6) is 0 Å². The van der Waals surface area contributed by atoms with Gasteiger partial charge in [-0.15, -0.1) is 5.10 Å². The number of hydrogen-bond acceptors (Lipinski definition) is 10. The summed E-state index contributed by atoms with van der Waals surface area (Å²) in [7, 11) is 0. The number of carbonyl (C=O) groups is 4. The number of hydrazine groups is 1. The molecule has 0 unspecified atom stereocenters. The van der Waals surface area contributed by atoms with Crippen molar-refractivity contribution in [2.24, 2.45) is 16.7 Å². The maximum absolute atomic E-state index is 12.9. The molecular formula is C26H34F2N6O7. The molecule has 15 heteroatoms. The first-order valence-corrected chi connectivity index (χ1v) is 12.1. The molecule has 2 aromatic rings. The molecule has 7 N–H and O–H groups in total. The Kier molecular flexibility index (Phi) is 18.5. The van der Waals surface area contributed by atoms with Crippen LogP contribution in [0, 0.1) is 17.0 Å². The van der Waals surface area contributed by atoms with Crippen LogP contribution in [0.2, 0.25) is 0 Å². The first kappa shape index (κ1) is 36.1. The van der Waals surface area contributed by atoms with E-state index >= 15 is 0 Å². The zero-order chi connectivity index (χ0) is 31.2. The maximum atomic E-state index is 12.9. The van der Waals surface area contributed by atoms with E-state index in [1.165, 1.54) is 30.3 Å². The molecule has 224 valence electrons. The summed E-state index contributed by atoms with van der Waals surface area (Å²) in [6, 6.07) is 11.4. The number of hydrogen-bond donors (Lipinski definition) is 5. The predicted molar refractivity (Wildman–Crippen MR) is 145 cm³/mol. The largest absolute Gasteiger partial charge is 0.473 e. The second kappa shape index (κ2) is 21.0. The van der Waals surface area contributed by atoms with Gasteiger partial charge in [-0.2, -0.15) is 0 Å². The Hall–Kier alpha value is -4.92. The third-order valence-electron chi connectivity index (χ3n) is 4.20. The van der Waals surface area contributed by atoms with Gasteiger partial charge in [0.2, 0.25) is 17.6 Å². The van der Waals surface area contributed by atoms with Crippen molar-refractivity contribution in [2.45, 2.75) is 33.6 Å². The van der Waals surface area contributed by atoms with E-state index in [-0.39, 0.29) is 37.8 Å². The molecule has 0 saturated heterocycles. The van der Waals surface area contributed by atoms with Crippen molar-refractivity contribution >= 4 is 35.5 Å². The molecule has 0 bridgehead atoms. The highest BCUT2D eigenvalue weighted by molar-refractivity contribution is 6.34. The van der Waals surface area contributed by atoms with Crippen molar-refractivity contribution in [3.8, 4) is 0 Å². The van der Waals surface area contributed by atoms with E-state index in [4.69, 9.17) is 17.0 Å². The minimum absolute atomic E-state index is 0.0721. The smallest absolute Gasteiger partial charge is 0.393 e. The van der Waals surface area contributed by atoms with Crippen molar-refractivity contribution in [3.63, 3.8) is 0 Å². The lowest BCUT2D eigenvalue weighted by Crippen LogP contribution is -2.31. The van der Waals surface area contributed by atoms with Crippen LogP contribution in [0.15, 0.2) is 53.6 Å². The summed E-state index contributed by atoms with van der Waals surface area (Å²) >= 11 is 0. The van der Waals surface area contributed by atoms with Gasteiger partial charge in [-0.05, 0) is 56.2 Å². The average molecular weight is 581 g/mol. The van der Waals surface area contributed by atoms with Gasteiger partial charge >= 0.3 is 11.9 Å². The fourth-order valence-electron chi connectivity index (χ4n) is 2.53. The Morgan fingerprint density at radius 1 is 0.805 bits per heavy atom. The zero-order valence-electron chi connectivity index (χ0n) is 22.9. The van der Waals surface area contributed by atoms with Crippen LogP contribution in [-0.4, -0.2) is 55.3 Å². The van der Waals surface area contributed by atoms with Crippen LogP contribution in [0.3, 0.4) is 0 Å². The van der Waals surface area contributed by atoms with E-state index in [9.17, 15) is 28.0 Å². The van der Waals surface area contributed by atoms with Crippen LogP contribution >= 0.6 is 0 Å². The third kappa shape index (κ3) is 17.3. The lowest BCUT2D eigenvalue weighted by molar-refractivity contribution is -0.137. The van der Waals surface area contributed by atoms with E-state index in [0.717, 1.165) is 0 Å². The van der Waals surface area contributed by atoms with Gasteiger partial charge in [0.25, 0.3) is 5.90 Å². The summed E-state index contributed by atoms with van der Waals surface area (Å²) in [4.78, 5) is 43.8. The maximum Gasteiger partial charge on any atom is 0.393 e. The second-order valence-corrected chi connectivity index (χ2v) is 7.42. The third-order valence-corrected chi connectivity index (χ3v) is 4.20. The van der Waals surface area contributed by atoms with Crippen molar-refractivity contribution in [1.82, 2.24) is 10.9 Å². The predicted octanol–water partition coefficient (Wildman–Crippen LogP) is 1.24. The first-order chi connectivity index (χ1) is 19.5. The van der Waals surface area contributed by atoms with Gasteiger partial charge in [0.15, 0.2) is 0 Å². The summed E-state index contributed by atoms with van der Waals surface area (Å²) in [6.45, 7) is 5.75. The lowest BCUT2D eigenvalue weighted by atomic mass is 10.1. The zero-order valence-corrected chi connectivity index (χ0v) is 22.9. The van der Waals surface area contributed by atoms with E-state index in [1.54, 1.807) is 39.0 Å². The molecule has 0 fully saturated rings. The molecular weight excluding hydrogens is 546 g/mol. The van der Waals surface area contributed by atoms with Gasteiger partial charge in [0, 0.05) is 0 Å². The van der Waals surface area contributed by atoms with Crippen molar-refractivity contribution in [2.75, 3.05) is 19.8 Å². The van der Waals surface area contributed by atoms with E-state index in [2.05, 4.69) is 24.7 Å². The standard InChI is InChI=1S/C12H14FN3O3.C8H9FN2O.C6H11NO3/c1-2-19-12(18)11(14)16-15-10(17)7-8-4-3-5-9(13)6-8;9-7-3-1-2-6(4-7)5-8(12)11-10;1-3-9-5(7)6(8)10-4-2/h3-6H,2,7H2,1H3,(H2,14,16)(H,15,17);1-4H,5,10H2,(H,11,12);7H,3-4H2,1-2H3. The van der Waals surface area contributed by atoms with E-state index in [1.807, 2.05) is 5.43 Å². The first-order valence-electron chi connectivity index (χ1n) is 12.1. The summed E-state index contributed by atoms with van der Waals surface area (Å²) in [5.74, 6) is 0.844. The molecule has 0 radical (unpaired) electrons. The van der Waals surface area contributed by atoms with Crippen LogP contribution in [0.4, 0.5) is 8.78 Å². The van der Waals surface area contributed by atoms with Gasteiger partial charge in [-0.25, -0.2) is 29.6 Å². The molecule has 41 heavy (non-hydrogen) atoms. The number of esters is 2. The van der Waals surface area contributed by atoms with E-state index in [0.29, 0.717) is 17.7 Å². The number of benzene rings is 2. The number of nitrogens with zero attached hydrogens (tertiary/aromatic N) is 1. The van der Waals surface area contributed by atoms with E-state index < -0.39 is 35.4 Å². The number of amidine groups is 1. The average Bonchev–Trinajstić information content (AvgIpc) is 2.93. The van der Waals surface area contributed by atoms with Crippen LogP contribution in [-0.2, 0) is 46.2 Å². The van der Waals surface area contributed by atoms with Gasteiger partial charge < -0.3 is 19.9 Å². The number of halogens is 2. The molecule has 2 amide bonds. The van der Waals surface area contributed by atoms with Crippen molar-refractivity contribution in [1.29, 1.82) is 5.41 Å². The Balaban J connectivity index is 0.000000627. The molecule has 0 saturated carbocycles. The summed E-state index contributed by atoms with van der Waals surface area (Å²) in [5.41, 5.74) is 10.4. The van der Waals surface area contributed by atoms with Gasteiger partial charge in [-0.3, -0.25) is 20.4 Å². The summed E-state index contributed by atoms with van der Waals surface area (Å²) < 4.78 is 39.0. The highest BCUT2D eigenvalue weighted by atomic mass is 19.1. The topological polar surface area (TPSA) is 208 Å². The molecule has 0 aromatic heterocycles. The van der Waals surface area contributed by atoms with Crippen molar-refractivity contribution < 1.29 is 42.2 Å². The Morgan fingerprint density at radius 2 is 1.27 bits per heavy atom. The Morgan fingerprint density at radius 3 is 1.71 bits per heavy atom. The Labute approximate surface area is 235 Å². The molecule has 2 aromatic carbocycles. The summed E-state index contributed by atoms with van der Waals surface area (Å²) in [6.07, 6.45) is 0.0334. The number of carbonyl (C=O) groups excluding carboxylic acids is 4. The number of ether oxygens (including phenoxy) is 3. The molecule has 0 aliphatic rings. The molecule has 0 atom stereocenters. The van der Waals surface area contributed by atoms with Gasteiger partial charge in [0.1, 0.15) is 11.6 Å². The summed E-state index contributed by atoms with van der Waals surface area (Å²) in [5, 5.41) is 10.3. The Bertz CT molecular complexity index is 1180. The second-order valence-electron chi connectivity index (χ2n) is 7.42. The number of amides is 2. The number of nitrogens with one attached hydrogen (secondary N) is 3. The minimum Gasteiger partial charge on any atom is -0.473 e. The van der Waals surface area contributed by atoms with Crippen LogP contribution in [0.1, 0.15) is 31.9 Å². The highest BCUT2D eigenvalue weighted by Crippen LogP contribution is 2.04. The molecule has 0 aliphatic heterocycles. The normalized spacial score (nSPS) is 9.95.